The Bertz CT molecular complexity index is 899. The smallest absolute Gasteiger partial charge is 0.321 e. The highest BCUT2D eigenvalue weighted by Crippen LogP contribution is 2.98. The van der Waals surface area contributed by atoms with Crippen LogP contribution in [-0.2, 0) is 28.7 Å². The van der Waals surface area contributed by atoms with Crippen LogP contribution in [0.5, 0.6) is 0 Å². The molecular formula is C18H14O6. The third kappa shape index (κ3) is 0.696. The number of esters is 4. The average molecular weight is 326 g/mol. The van der Waals surface area contributed by atoms with E-state index in [1.54, 1.807) is 0 Å². The van der Waals surface area contributed by atoms with E-state index in [1.807, 2.05) is 0 Å². The molecule has 0 aromatic rings. The van der Waals surface area contributed by atoms with Crippen molar-refractivity contribution in [1.82, 2.24) is 0 Å². The van der Waals surface area contributed by atoms with Crippen LogP contribution in [0.4, 0.5) is 0 Å². The monoisotopic (exact) mass is 326 g/mol. The van der Waals surface area contributed by atoms with Crippen molar-refractivity contribution in [3.63, 3.8) is 0 Å². The molecule has 0 unspecified atom stereocenters. The lowest BCUT2D eigenvalue weighted by Crippen LogP contribution is -2.68. The molecular weight excluding hydrogens is 312 g/mol. The number of rotatable bonds is 0. The molecule has 0 aromatic heterocycles. The maximum atomic E-state index is 13.0. The van der Waals surface area contributed by atoms with E-state index in [-0.39, 0.29) is 0 Å². The molecule has 6 fully saturated rings. The minimum absolute atomic E-state index is 0.446. The topological polar surface area (TPSA) is 86.7 Å². The van der Waals surface area contributed by atoms with E-state index < -0.39 is 57.4 Å². The Morgan fingerprint density at radius 1 is 0.750 bits per heavy atom. The Kier molecular flexibility index (Phi) is 1.49. The molecule has 0 amide bonds. The van der Waals surface area contributed by atoms with Gasteiger partial charge < -0.3 is 9.47 Å². The Morgan fingerprint density at radius 3 is 2.21 bits per heavy atom. The SMILES string of the molecule is O=C1OC(=O)[C@H]2[C@H]1[C@]13CCCC1=C1CC[C@@]34C(=O)OC(=O)[C@@]43C[C@]123. The first-order valence-corrected chi connectivity index (χ1v) is 8.74. The lowest BCUT2D eigenvalue weighted by Gasteiger charge is -2.64. The zero-order valence-corrected chi connectivity index (χ0v) is 12.8. The Labute approximate surface area is 136 Å². The molecule has 122 valence electrons. The number of hydrogen-bond donors (Lipinski definition) is 0. The van der Waals surface area contributed by atoms with E-state index in [0.29, 0.717) is 19.3 Å². The fourth-order valence-electron chi connectivity index (χ4n) is 8.64. The largest absolute Gasteiger partial charge is 0.393 e. The van der Waals surface area contributed by atoms with E-state index in [2.05, 4.69) is 0 Å². The summed E-state index contributed by atoms with van der Waals surface area (Å²) in [6.45, 7) is 0. The van der Waals surface area contributed by atoms with Crippen molar-refractivity contribution in [2.24, 2.45) is 33.5 Å². The summed E-state index contributed by atoms with van der Waals surface area (Å²) in [6, 6.07) is 0. The predicted octanol–water partition coefficient (Wildman–Crippen LogP) is 1.04. The second kappa shape index (κ2) is 2.89. The Hall–Kier alpha value is -1.98. The Morgan fingerprint density at radius 2 is 1.42 bits per heavy atom. The normalized spacial score (nSPS) is 57.7. The quantitative estimate of drug-likeness (QED) is 0.375. The van der Waals surface area contributed by atoms with Crippen molar-refractivity contribution in [2.75, 3.05) is 0 Å². The lowest BCUT2D eigenvalue weighted by atomic mass is 9.33. The van der Waals surface area contributed by atoms with Crippen LogP contribution in [-0.4, -0.2) is 23.9 Å². The van der Waals surface area contributed by atoms with Crippen LogP contribution < -0.4 is 0 Å². The van der Waals surface area contributed by atoms with Gasteiger partial charge in [0.1, 0.15) is 0 Å². The number of hydrogen-bond acceptors (Lipinski definition) is 6. The molecule has 9 rings (SSSR count). The summed E-state index contributed by atoms with van der Waals surface area (Å²) >= 11 is 0. The third-order valence-corrected chi connectivity index (χ3v) is 8.85. The van der Waals surface area contributed by atoms with Gasteiger partial charge in [-0.1, -0.05) is 11.1 Å². The van der Waals surface area contributed by atoms with Crippen LogP contribution in [0.2, 0.25) is 0 Å². The maximum Gasteiger partial charge on any atom is 0.321 e. The van der Waals surface area contributed by atoms with Crippen LogP contribution in [0.3, 0.4) is 0 Å². The molecule has 4 spiro atoms. The van der Waals surface area contributed by atoms with E-state index in [4.69, 9.17) is 9.47 Å². The van der Waals surface area contributed by atoms with Gasteiger partial charge in [0.15, 0.2) is 0 Å². The molecule has 0 aromatic carbocycles. The van der Waals surface area contributed by atoms with Crippen molar-refractivity contribution in [1.29, 1.82) is 0 Å². The van der Waals surface area contributed by atoms with Crippen molar-refractivity contribution in [2.45, 2.75) is 38.5 Å². The fourth-order valence-corrected chi connectivity index (χ4v) is 8.64. The zero-order valence-electron chi connectivity index (χ0n) is 12.8. The minimum Gasteiger partial charge on any atom is -0.393 e. The minimum atomic E-state index is -0.935. The lowest BCUT2D eigenvalue weighted by molar-refractivity contribution is -0.179. The van der Waals surface area contributed by atoms with E-state index in [0.717, 1.165) is 19.3 Å². The van der Waals surface area contributed by atoms with Crippen LogP contribution in [0.15, 0.2) is 11.1 Å². The first kappa shape index (κ1) is 12.4. The molecule has 2 aliphatic heterocycles. The van der Waals surface area contributed by atoms with E-state index in [1.165, 1.54) is 11.1 Å². The van der Waals surface area contributed by atoms with E-state index in [9.17, 15) is 19.2 Å². The number of cyclic esters (lactones) is 4. The molecule has 6 nitrogen and oxygen atoms in total. The highest BCUT2D eigenvalue weighted by molar-refractivity contribution is 6.12. The molecule has 7 aliphatic carbocycles. The molecule has 0 N–H and O–H groups in total. The van der Waals surface area contributed by atoms with Gasteiger partial charge >= 0.3 is 23.9 Å². The predicted molar refractivity (Wildman–Crippen MR) is 73.6 cm³/mol. The summed E-state index contributed by atoms with van der Waals surface area (Å²) in [4.78, 5) is 51.1. The van der Waals surface area contributed by atoms with Gasteiger partial charge in [0.05, 0.1) is 22.7 Å². The Balaban J connectivity index is 1.70. The molecule has 0 radical (unpaired) electrons. The highest BCUT2D eigenvalue weighted by atomic mass is 16.6. The summed E-state index contributed by atoms with van der Waals surface area (Å²) in [7, 11) is 0. The van der Waals surface area contributed by atoms with Crippen LogP contribution in [0.1, 0.15) is 38.5 Å². The van der Waals surface area contributed by atoms with Crippen LogP contribution in [0.25, 0.3) is 0 Å². The summed E-state index contributed by atoms with van der Waals surface area (Å²) < 4.78 is 10.3. The number of ether oxygens (including phenoxy) is 2. The van der Waals surface area contributed by atoms with Gasteiger partial charge in [-0.3, -0.25) is 19.2 Å². The van der Waals surface area contributed by atoms with E-state index >= 15 is 0 Å². The van der Waals surface area contributed by atoms with Gasteiger partial charge in [0.2, 0.25) is 0 Å². The molecule has 6 heteroatoms. The second-order valence-electron chi connectivity index (χ2n) is 8.61. The standard InChI is InChI=1S/C18H14O6/c19-11-9-10(12(20)23-11)16-6-18(16)14(22)24-13(21)17(18)5-3-8(16)7-2-1-4-15(7,9)17/h9-10H,1-6H2/t9-,10-,15+,16+,17-,18-/m1/s1. The van der Waals surface area contributed by atoms with Crippen LogP contribution >= 0.6 is 0 Å². The fraction of sp³-hybridized carbons (Fsp3) is 0.667. The van der Waals surface area contributed by atoms with Gasteiger partial charge in [-0.15, -0.1) is 0 Å². The van der Waals surface area contributed by atoms with Gasteiger partial charge in [0, 0.05) is 10.8 Å². The van der Waals surface area contributed by atoms with Crippen LogP contribution in [0, 0.1) is 33.5 Å². The number of fused-ring (bicyclic) bond motifs is 1. The molecule has 6 atom stereocenters. The van der Waals surface area contributed by atoms with Crippen molar-refractivity contribution in [3.8, 4) is 0 Å². The molecule has 4 bridgehead atoms. The summed E-state index contributed by atoms with van der Waals surface area (Å²) in [5.74, 6) is -3.07. The van der Waals surface area contributed by atoms with Gasteiger partial charge in [-0.25, -0.2) is 0 Å². The number of allylic oxidation sites excluding steroid dienone is 2. The molecule has 24 heavy (non-hydrogen) atoms. The molecule has 9 aliphatic rings. The van der Waals surface area contributed by atoms with Crippen molar-refractivity contribution in [3.05, 3.63) is 11.1 Å². The average Bonchev–Trinajstić information content (AvgIpc) is 2.79. The van der Waals surface area contributed by atoms with Gasteiger partial charge in [0.25, 0.3) is 0 Å². The second-order valence-corrected chi connectivity index (χ2v) is 8.61. The van der Waals surface area contributed by atoms with Crippen molar-refractivity contribution >= 4 is 23.9 Å². The number of carbonyl (C=O) groups excluding carboxylic acids is 4. The highest BCUT2D eigenvalue weighted by Gasteiger charge is 3.02. The summed E-state index contributed by atoms with van der Waals surface area (Å²) in [5, 5.41) is 0. The van der Waals surface area contributed by atoms with Gasteiger partial charge in [-0.05, 0) is 38.5 Å². The van der Waals surface area contributed by atoms with Crippen molar-refractivity contribution < 1.29 is 28.7 Å². The number of carbonyl (C=O) groups is 4. The third-order valence-electron chi connectivity index (χ3n) is 8.85. The molecule has 2 heterocycles. The summed E-state index contributed by atoms with van der Waals surface area (Å²) in [6.07, 6.45) is 4.22. The molecule has 2 saturated heterocycles. The van der Waals surface area contributed by atoms with Gasteiger partial charge in [-0.2, -0.15) is 0 Å². The first-order chi connectivity index (χ1) is 11.5. The maximum absolute atomic E-state index is 13.0. The summed E-state index contributed by atoms with van der Waals surface area (Å²) in [5.41, 5.74) is -0.832. The zero-order chi connectivity index (χ0) is 16.3. The molecule has 4 saturated carbocycles. The first-order valence-electron chi connectivity index (χ1n) is 8.74.